The Bertz CT molecular complexity index is 357. The molecule has 0 spiro atoms. The number of aliphatic hydroxyl groups is 1. The van der Waals surface area contributed by atoms with Crippen LogP contribution >= 0.6 is 11.8 Å². The molecule has 1 rings (SSSR count). The predicted octanol–water partition coefficient (Wildman–Crippen LogP) is 0.958. The number of hydrogen-bond acceptors (Lipinski definition) is 5. The minimum atomic E-state index is -1.01. The molecule has 1 heterocycles. The molecule has 2 N–H and O–H groups in total. The maximum atomic E-state index is 10.7. The first kappa shape index (κ1) is 11.9. The molecule has 0 unspecified atom stereocenters. The smallest absolute Gasteiger partial charge is 0.339 e. The number of nitrogens with zero attached hydrogens (tertiary/aromatic N) is 2. The Labute approximate surface area is 91.6 Å². The van der Waals surface area contributed by atoms with Gasteiger partial charge in [-0.2, -0.15) is 0 Å². The first-order valence-corrected chi connectivity index (χ1v) is 5.44. The topological polar surface area (TPSA) is 83.3 Å². The van der Waals surface area contributed by atoms with Crippen LogP contribution in [0.1, 0.15) is 22.5 Å². The van der Waals surface area contributed by atoms with Crippen molar-refractivity contribution in [2.45, 2.75) is 18.5 Å². The van der Waals surface area contributed by atoms with Gasteiger partial charge in [-0.25, -0.2) is 14.8 Å². The van der Waals surface area contributed by atoms with Crippen molar-refractivity contribution >= 4 is 17.7 Å². The lowest BCUT2D eigenvalue weighted by atomic mass is 10.2. The monoisotopic (exact) mass is 228 g/mol. The minimum absolute atomic E-state index is 0.126. The zero-order valence-electron chi connectivity index (χ0n) is 8.30. The van der Waals surface area contributed by atoms with Gasteiger partial charge in [0.05, 0.1) is 11.3 Å². The van der Waals surface area contributed by atoms with Crippen LogP contribution in [0, 0.1) is 6.92 Å². The summed E-state index contributed by atoms with van der Waals surface area (Å²) >= 11 is 1.40. The van der Waals surface area contributed by atoms with Crippen molar-refractivity contribution in [2.75, 3.05) is 12.4 Å². The molecule has 0 amide bonds. The summed E-state index contributed by atoms with van der Waals surface area (Å²) in [5.74, 6) is -0.290. The molecule has 0 fully saturated rings. The Kier molecular flexibility index (Phi) is 4.51. The number of thioether (sulfide) groups is 1. The summed E-state index contributed by atoms with van der Waals surface area (Å²) in [6.07, 6.45) is 1.99. The fraction of sp³-hybridized carbons (Fsp3) is 0.444. The lowest BCUT2D eigenvalue weighted by Crippen LogP contribution is -2.04. The van der Waals surface area contributed by atoms with E-state index in [9.17, 15) is 4.79 Å². The SMILES string of the molecule is Cc1nc(SCCCO)ncc1C(=O)O. The highest BCUT2D eigenvalue weighted by atomic mass is 32.2. The summed E-state index contributed by atoms with van der Waals surface area (Å²) in [6.45, 7) is 1.78. The number of carboxylic acid groups (broad SMARTS) is 1. The van der Waals surface area contributed by atoms with Crippen molar-refractivity contribution in [2.24, 2.45) is 0 Å². The summed E-state index contributed by atoms with van der Waals surface area (Å²) in [7, 11) is 0. The summed E-state index contributed by atoms with van der Waals surface area (Å²) in [4.78, 5) is 18.7. The van der Waals surface area contributed by atoms with Crippen LogP contribution < -0.4 is 0 Å². The van der Waals surface area contributed by atoms with Gasteiger partial charge in [0.25, 0.3) is 0 Å². The van der Waals surface area contributed by atoms with Gasteiger partial charge in [0.15, 0.2) is 5.16 Å². The van der Waals surface area contributed by atoms with Gasteiger partial charge in [-0.1, -0.05) is 11.8 Å². The van der Waals surface area contributed by atoms with E-state index >= 15 is 0 Å². The Morgan fingerprint density at radius 2 is 2.33 bits per heavy atom. The normalized spacial score (nSPS) is 10.3. The molecule has 0 radical (unpaired) electrons. The highest BCUT2D eigenvalue weighted by molar-refractivity contribution is 7.99. The number of rotatable bonds is 5. The van der Waals surface area contributed by atoms with Crippen LogP contribution in [0.2, 0.25) is 0 Å². The second-order valence-corrected chi connectivity index (χ2v) is 3.94. The zero-order valence-corrected chi connectivity index (χ0v) is 9.12. The third-order valence-electron chi connectivity index (χ3n) is 1.72. The zero-order chi connectivity index (χ0) is 11.3. The highest BCUT2D eigenvalue weighted by Gasteiger charge is 2.09. The van der Waals surface area contributed by atoms with Gasteiger partial charge in [0, 0.05) is 18.6 Å². The second-order valence-electron chi connectivity index (χ2n) is 2.88. The molecule has 1 aromatic heterocycles. The summed E-state index contributed by atoms with van der Waals surface area (Å²) < 4.78 is 0. The van der Waals surface area contributed by atoms with E-state index in [1.54, 1.807) is 6.92 Å². The van der Waals surface area contributed by atoms with E-state index in [0.29, 0.717) is 17.3 Å². The average Bonchev–Trinajstić information content (AvgIpc) is 2.17. The lowest BCUT2D eigenvalue weighted by Gasteiger charge is -2.02. The molecule has 82 valence electrons. The summed E-state index contributed by atoms with van der Waals surface area (Å²) in [5, 5.41) is 17.9. The maximum absolute atomic E-state index is 10.7. The van der Waals surface area contributed by atoms with E-state index in [1.807, 2.05) is 0 Å². The first-order chi connectivity index (χ1) is 7.15. The lowest BCUT2D eigenvalue weighted by molar-refractivity contribution is 0.0695. The summed E-state index contributed by atoms with van der Waals surface area (Å²) in [6, 6.07) is 0. The van der Waals surface area contributed by atoms with Gasteiger partial charge in [-0.15, -0.1) is 0 Å². The van der Waals surface area contributed by atoms with Crippen molar-refractivity contribution in [3.05, 3.63) is 17.5 Å². The van der Waals surface area contributed by atoms with Crippen LogP contribution in [0.5, 0.6) is 0 Å². The minimum Gasteiger partial charge on any atom is -0.478 e. The molecular formula is C9H12N2O3S. The Morgan fingerprint density at radius 3 is 2.87 bits per heavy atom. The van der Waals surface area contributed by atoms with E-state index < -0.39 is 5.97 Å². The van der Waals surface area contributed by atoms with Gasteiger partial charge in [0.2, 0.25) is 0 Å². The van der Waals surface area contributed by atoms with Crippen molar-refractivity contribution in [3.8, 4) is 0 Å². The van der Waals surface area contributed by atoms with Crippen LogP contribution in [0.3, 0.4) is 0 Å². The number of hydrogen-bond donors (Lipinski definition) is 2. The second kappa shape index (κ2) is 5.67. The number of aromatic carboxylic acids is 1. The molecule has 0 atom stereocenters. The van der Waals surface area contributed by atoms with Gasteiger partial charge in [0.1, 0.15) is 0 Å². The van der Waals surface area contributed by atoms with Crippen LogP contribution in [0.4, 0.5) is 0 Å². The number of carboxylic acids is 1. The predicted molar refractivity (Wildman–Crippen MR) is 56.2 cm³/mol. The number of aryl methyl sites for hydroxylation is 1. The molecular weight excluding hydrogens is 216 g/mol. The van der Waals surface area contributed by atoms with E-state index in [1.165, 1.54) is 18.0 Å². The van der Waals surface area contributed by atoms with E-state index in [4.69, 9.17) is 10.2 Å². The fourth-order valence-corrected chi connectivity index (χ4v) is 1.74. The van der Waals surface area contributed by atoms with Gasteiger partial charge >= 0.3 is 5.97 Å². The molecule has 5 nitrogen and oxygen atoms in total. The van der Waals surface area contributed by atoms with Crippen molar-refractivity contribution in [3.63, 3.8) is 0 Å². The molecule has 0 aromatic carbocycles. The van der Waals surface area contributed by atoms with Crippen LogP contribution in [-0.4, -0.2) is 38.5 Å². The Morgan fingerprint density at radius 1 is 1.60 bits per heavy atom. The number of aliphatic hydroxyl groups excluding tert-OH is 1. The Balaban J connectivity index is 2.69. The third-order valence-corrected chi connectivity index (χ3v) is 2.67. The molecule has 0 aliphatic heterocycles. The average molecular weight is 228 g/mol. The molecule has 0 aliphatic rings. The van der Waals surface area contributed by atoms with E-state index in [0.717, 1.165) is 5.75 Å². The Hall–Kier alpha value is -1.14. The fourth-order valence-electron chi connectivity index (χ4n) is 0.953. The quantitative estimate of drug-likeness (QED) is 0.443. The molecule has 1 aromatic rings. The highest BCUT2D eigenvalue weighted by Crippen LogP contribution is 2.15. The van der Waals surface area contributed by atoms with Gasteiger partial charge in [-0.05, 0) is 13.3 Å². The van der Waals surface area contributed by atoms with Gasteiger partial charge < -0.3 is 10.2 Å². The van der Waals surface area contributed by atoms with E-state index in [-0.39, 0.29) is 12.2 Å². The standard InChI is InChI=1S/C9H12N2O3S/c1-6-7(8(13)14)5-10-9(11-6)15-4-2-3-12/h5,12H,2-4H2,1H3,(H,13,14). The maximum Gasteiger partial charge on any atom is 0.339 e. The van der Waals surface area contributed by atoms with Crippen molar-refractivity contribution < 1.29 is 15.0 Å². The van der Waals surface area contributed by atoms with Crippen molar-refractivity contribution in [1.82, 2.24) is 9.97 Å². The van der Waals surface area contributed by atoms with E-state index in [2.05, 4.69) is 9.97 Å². The largest absolute Gasteiger partial charge is 0.478 e. The molecule has 0 bridgehead atoms. The van der Waals surface area contributed by atoms with Crippen LogP contribution in [0.15, 0.2) is 11.4 Å². The molecule has 0 aliphatic carbocycles. The molecule has 15 heavy (non-hydrogen) atoms. The molecule has 6 heteroatoms. The molecule has 0 saturated carbocycles. The van der Waals surface area contributed by atoms with Crippen LogP contribution in [-0.2, 0) is 0 Å². The summed E-state index contributed by atoms with van der Waals surface area (Å²) in [5.41, 5.74) is 0.588. The van der Waals surface area contributed by atoms with Crippen LogP contribution in [0.25, 0.3) is 0 Å². The number of carbonyl (C=O) groups is 1. The third kappa shape index (κ3) is 3.49. The number of aromatic nitrogens is 2. The molecule has 0 saturated heterocycles. The van der Waals surface area contributed by atoms with Crippen molar-refractivity contribution in [1.29, 1.82) is 0 Å². The first-order valence-electron chi connectivity index (χ1n) is 4.45. The van der Waals surface area contributed by atoms with Gasteiger partial charge in [-0.3, -0.25) is 0 Å².